The van der Waals surface area contributed by atoms with Crippen LogP contribution in [0.5, 0.6) is 5.75 Å². The van der Waals surface area contributed by atoms with Gasteiger partial charge in [0.05, 0.1) is 70.7 Å². The molecular formula is C42H38N12O6. The van der Waals surface area contributed by atoms with Crippen molar-refractivity contribution in [3.8, 4) is 51.2 Å². The standard InChI is InChI=1S/C42H38N12O6/c55-28-6-4-26(15-28)53-22-34(50-42(57)38-13-11-36(60-38)25-19-47-48-20-25)40(52-53)32-9-8-30(21-44-32)58-29-7-5-27(16-29)54-23-33(39(51-54)31-3-1-2-14-43-31)49-41(56)37-12-10-35(59-37)24-17-45-46-18-24/h1-3,8-14,17-23,26-29,55H,4-7,15-16H2,(H,45,46)(H,47,48)(H,49,56)(H,50,57)/t26-,27-,28+,29+/m0/s1. The average molecular weight is 807 g/mol. The molecule has 2 aliphatic rings. The first-order valence-corrected chi connectivity index (χ1v) is 19.6. The molecule has 18 nitrogen and oxygen atoms in total. The van der Waals surface area contributed by atoms with Gasteiger partial charge in [0.25, 0.3) is 11.8 Å². The first-order chi connectivity index (χ1) is 29.4. The second-order valence-corrected chi connectivity index (χ2v) is 14.9. The Morgan fingerprint density at radius 3 is 1.85 bits per heavy atom. The Morgan fingerprint density at radius 2 is 1.32 bits per heavy atom. The number of anilines is 2. The number of aromatic nitrogens is 10. The van der Waals surface area contributed by atoms with Crippen molar-refractivity contribution in [2.45, 2.75) is 62.8 Å². The fourth-order valence-electron chi connectivity index (χ4n) is 7.81. The highest BCUT2D eigenvalue weighted by Gasteiger charge is 2.31. The number of pyridine rings is 2. The summed E-state index contributed by atoms with van der Waals surface area (Å²) in [5.41, 5.74) is 4.61. The summed E-state index contributed by atoms with van der Waals surface area (Å²) >= 11 is 0. The van der Waals surface area contributed by atoms with Gasteiger partial charge in [0.1, 0.15) is 34.8 Å². The van der Waals surface area contributed by atoms with E-state index >= 15 is 0 Å². The number of nitrogens with one attached hydrogen (secondary N) is 4. The average Bonchev–Trinajstić information content (AvgIpc) is 4.11. The molecule has 2 amide bonds. The van der Waals surface area contributed by atoms with E-state index in [2.05, 4.69) is 36.0 Å². The van der Waals surface area contributed by atoms with Crippen LogP contribution >= 0.6 is 0 Å². The first kappa shape index (κ1) is 36.7. The summed E-state index contributed by atoms with van der Waals surface area (Å²) in [5.74, 6) is 1.04. The molecule has 2 saturated carbocycles. The van der Waals surface area contributed by atoms with E-state index in [1.54, 1.807) is 72.3 Å². The molecule has 0 unspecified atom stereocenters. The second-order valence-electron chi connectivity index (χ2n) is 14.9. The number of ether oxygens (including phenoxy) is 1. The van der Waals surface area contributed by atoms with Gasteiger partial charge in [0.2, 0.25) is 0 Å². The Hall–Kier alpha value is -7.60. The molecule has 60 heavy (non-hydrogen) atoms. The number of hydrogen-bond donors (Lipinski definition) is 5. The molecule has 0 saturated heterocycles. The quantitative estimate of drug-likeness (QED) is 0.0846. The molecule has 2 aliphatic carbocycles. The van der Waals surface area contributed by atoms with Crippen LogP contribution < -0.4 is 15.4 Å². The molecule has 8 aromatic rings. The van der Waals surface area contributed by atoms with E-state index in [1.807, 2.05) is 41.2 Å². The van der Waals surface area contributed by atoms with Gasteiger partial charge in [-0.05, 0) is 80.6 Å². The molecule has 8 heterocycles. The Balaban J connectivity index is 0.834. The highest BCUT2D eigenvalue weighted by molar-refractivity contribution is 6.05. The van der Waals surface area contributed by atoms with Crippen molar-refractivity contribution in [3.05, 3.63) is 116 Å². The number of H-pyrrole nitrogens is 2. The van der Waals surface area contributed by atoms with Crippen LogP contribution in [0, 0.1) is 0 Å². The number of amides is 2. The maximum Gasteiger partial charge on any atom is 0.291 e. The maximum absolute atomic E-state index is 13.4. The highest BCUT2D eigenvalue weighted by atomic mass is 16.5. The van der Waals surface area contributed by atoms with Crippen LogP contribution in [0.1, 0.15) is 71.7 Å². The molecule has 0 spiro atoms. The molecular weight excluding hydrogens is 769 g/mol. The van der Waals surface area contributed by atoms with E-state index in [0.29, 0.717) is 70.7 Å². The number of hydrogen-bond acceptors (Lipinski definition) is 12. The van der Waals surface area contributed by atoms with Crippen molar-refractivity contribution in [3.63, 3.8) is 0 Å². The van der Waals surface area contributed by atoms with E-state index in [9.17, 15) is 14.7 Å². The van der Waals surface area contributed by atoms with Gasteiger partial charge in [0, 0.05) is 37.4 Å². The Morgan fingerprint density at radius 1 is 0.700 bits per heavy atom. The summed E-state index contributed by atoms with van der Waals surface area (Å²) in [5, 5.41) is 39.3. The zero-order valence-corrected chi connectivity index (χ0v) is 31.9. The minimum atomic E-state index is -0.441. The predicted octanol–water partition coefficient (Wildman–Crippen LogP) is 6.93. The summed E-state index contributed by atoms with van der Waals surface area (Å²) in [6.45, 7) is 0. The normalized spacial score (nSPS) is 18.8. The van der Waals surface area contributed by atoms with E-state index in [1.165, 1.54) is 0 Å². The van der Waals surface area contributed by atoms with Gasteiger partial charge in [-0.15, -0.1) is 0 Å². The topological polar surface area (TPSA) is 233 Å². The third-order valence-electron chi connectivity index (χ3n) is 10.9. The molecule has 18 heteroatoms. The number of aromatic amines is 2. The Labute approximate surface area is 341 Å². The number of aliphatic hydroxyl groups excluding tert-OH is 1. The van der Waals surface area contributed by atoms with E-state index in [0.717, 1.165) is 30.4 Å². The lowest BCUT2D eigenvalue weighted by Crippen LogP contribution is -2.14. The summed E-state index contributed by atoms with van der Waals surface area (Å²) in [6, 6.07) is 15.9. The van der Waals surface area contributed by atoms with Crippen molar-refractivity contribution < 1.29 is 28.3 Å². The largest absolute Gasteiger partial charge is 0.489 e. The van der Waals surface area contributed by atoms with Crippen LogP contribution in [0.4, 0.5) is 11.4 Å². The summed E-state index contributed by atoms with van der Waals surface area (Å²) < 4.78 is 21.7. The Kier molecular flexibility index (Phi) is 9.57. The zero-order valence-electron chi connectivity index (χ0n) is 31.9. The van der Waals surface area contributed by atoms with Gasteiger partial charge in [-0.3, -0.25) is 39.1 Å². The molecule has 0 radical (unpaired) electrons. The van der Waals surface area contributed by atoms with Crippen molar-refractivity contribution >= 4 is 23.2 Å². The van der Waals surface area contributed by atoms with Crippen LogP contribution in [0.2, 0.25) is 0 Å². The predicted molar refractivity (Wildman–Crippen MR) is 216 cm³/mol. The van der Waals surface area contributed by atoms with Crippen molar-refractivity contribution in [2.75, 3.05) is 10.6 Å². The van der Waals surface area contributed by atoms with Crippen LogP contribution in [0.25, 0.3) is 45.4 Å². The number of carbonyl (C=O) groups is 2. The maximum atomic E-state index is 13.4. The highest BCUT2D eigenvalue weighted by Crippen LogP contribution is 2.37. The third-order valence-corrected chi connectivity index (χ3v) is 10.9. The number of rotatable bonds is 12. The lowest BCUT2D eigenvalue weighted by molar-refractivity contribution is 0.0990. The number of carbonyl (C=O) groups excluding carboxylic acids is 2. The Bertz CT molecular complexity index is 2730. The molecule has 5 N–H and O–H groups in total. The van der Waals surface area contributed by atoms with E-state index in [4.69, 9.17) is 28.8 Å². The molecule has 2 fully saturated rings. The lowest BCUT2D eigenvalue weighted by Gasteiger charge is -2.14. The third kappa shape index (κ3) is 7.46. The van der Waals surface area contributed by atoms with Gasteiger partial charge < -0.3 is 29.3 Å². The van der Waals surface area contributed by atoms with Gasteiger partial charge in [-0.2, -0.15) is 20.4 Å². The molecule has 0 aromatic carbocycles. The minimum absolute atomic E-state index is 0.000760. The SMILES string of the molecule is O=C(Nc1cn([C@H]2CC[C@@H](O)C2)nc1-c1ccc(O[C@@H]2CC[C@H](n3cc(NC(=O)c4ccc(-c5cn[nH]c5)o4)c(-c4ccccn4)n3)C2)cn1)c1ccc(-c2cn[nH]c2)o1. The van der Waals surface area contributed by atoms with Gasteiger partial charge in [-0.25, -0.2) is 0 Å². The first-order valence-electron chi connectivity index (χ1n) is 19.6. The van der Waals surface area contributed by atoms with E-state index in [-0.39, 0.29) is 29.7 Å². The van der Waals surface area contributed by atoms with Crippen molar-refractivity contribution in [2.24, 2.45) is 0 Å². The number of aliphatic hydroxyl groups is 1. The fraction of sp³-hybridized carbons (Fsp3) is 0.238. The number of furan rings is 2. The molecule has 302 valence electrons. The summed E-state index contributed by atoms with van der Waals surface area (Å²) in [7, 11) is 0. The fourth-order valence-corrected chi connectivity index (χ4v) is 7.81. The monoisotopic (exact) mass is 806 g/mol. The van der Waals surface area contributed by atoms with Gasteiger partial charge in [0.15, 0.2) is 11.5 Å². The van der Waals surface area contributed by atoms with Crippen LogP contribution in [0.3, 0.4) is 0 Å². The van der Waals surface area contributed by atoms with Gasteiger partial charge in [-0.1, -0.05) is 6.07 Å². The summed E-state index contributed by atoms with van der Waals surface area (Å²) in [4.78, 5) is 36.0. The van der Waals surface area contributed by atoms with Crippen LogP contribution in [0.15, 0.2) is 113 Å². The lowest BCUT2D eigenvalue weighted by atomic mass is 10.2. The van der Waals surface area contributed by atoms with E-state index < -0.39 is 17.9 Å². The van der Waals surface area contributed by atoms with Crippen LogP contribution in [-0.2, 0) is 0 Å². The van der Waals surface area contributed by atoms with Crippen LogP contribution in [-0.4, -0.2) is 79.1 Å². The number of nitrogens with zero attached hydrogens (tertiary/aromatic N) is 8. The van der Waals surface area contributed by atoms with Crippen molar-refractivity contribution in [1.29, 1.82) is 0 Å². The summed E-state index contributed by atoms with van der Waals surface area (Å²) in [6.07, 6.45) is 17.3. The molecule has 0 aliphatic heterocycles. The van der Waals surface area contributed by atoms with Gasteiger partial charge >= 0.3 is 0 Å². The second kappa shape index (κ2) is 15.6. The zero-order chi connectivity index (χ0) is 40.6. The van der Waals surface area contributed by atoms with Crippen molar-refractivity contribution in [1.82, 2.24) is 49.9 Å². The molecule has 10 rings (SSSR count). The molecule has 0 bridgehead atoms. The molecule has 8 aromatic heterocycles. The minimum Gasteiger partial charge on any atom is -0.489 e. The molecule has 4 atom stereocenters. The smallest absolute Gasteiger partial charge is 0.291 e.